The highest BCUT2D eigenvalue weighted by Gasteiger charge is 2.23. The van der Waals surface area contributed by atoms with Gasteiger partial charge in [0.15, 0.2) is 5.82 Å². The molecule has 1 aliphatic rings. The van der Waals surface area contributed by atoms with E-state index in [4.69, 9.17) is 9.97 Å². The van der Waals surface area contributed by atoms with Crippen LogP contribution in [0.5, 0.6) is 5.75 Å². The van der Waals surface area contributed by atoms with Crippen molar-refractivity contribution < 1.29 is 5.11 Å². The summed E-state index contributed by atoms with van der Waals surface area (Å²) < 4.78 is 0. The van der Waals surface area contributed by atoms with E-state index in [0.717, 1.165) is 48.5 Å². The molecule has 0 atom stereocenters. The first kappa shape index (κ1) is 14.9. The molecule has 24 heavy (non-hydrogen) atoms. The summed E-state index contributed by atoms with van der Waals surface area (Å²) in [5, 5.41) is 9.44. The van der Waals surface area contributed by atoms with Gasteiger partial charge in [-0.1, -0.05) is 24.3 Å². The minimum absolute atomic E-state index is 0.332. The van der Waals surface area contributed by atoms with Crippen molar-refractivity contribution in [2.45, 2.75) is 25.7 Å². The number of aromatic nitrogens is 2. The number of benzene rings is 2. The van der Waals surface area contributed by atoms with E-state index >= 15 is 0 Å². The largest absolute Gasteiger partial charge is 0.508 e. The van der Waals surface area contributed by atoms with Gasteiger partial charge in [0, 0.05) is 13.1 Å². The van der Waals surface area contributed by atoms with E-state index in [9.17, 15) is 5.11 Å². The summed E-state index contributed by atoms with van der Waals surface area (Å²) in [7, 11) is 0. The number of para-hydroxylation sites is 2. The predicted molar refractivity (Wildman–Crippen MR) is 96.6 cm³/mol. The third-order valence-electron chi connectivity index (χ3n) is 4.88. The molecule has 1 fully saturated rings. The number of phenols is 1. The van der Waals surface area contributed by atoms with Crippen LogP contribution < -0.4 is 4.90 Å². The van der Waals surface area contributed by atoms with Crippen molar-refractivity contribution in [1.29, 1.82) is 0 Å². The molecule has 4 nitrogen and oxygen atoms in total. The molecule has 0 amide bonds. The molecule has 1 aromatic heterocycles. The normalized spacial score (nSPS) is 15.8. The molecule has 0 spiro atoms. The molecule has 0 aliphatic carbocycles. The van der Waals surface area contributed by atoms with Gasteiger partial charge in [-0.3, -0.25) is 0 Å². The molecule has 122 valence electrons. The fourth-order valence-corrected chi connectivity index (χ4v) is 3.55. The number of aromatic hydroxyl groups is 1. The first-order chi connectivity index (χ1) is 11.7. The number of aryl methyl sites for hydroxylation is 1. The molecule has 4 rings (SSSR count). The van der Waals surface area contributed by atoms with E-state index < -0.39 is 0 Å². The smallest absolute Gasteiger partial charge is 0.150 e. The van der Waals surface area contributed by atoms with E-state index in [0.29, 0.717) is 11.7 Å². The monoisotopic (exact) mass is 319 g/mol. The Morgan fingerprint density at radius 2 is 1.54 bits per heavy atom. The Balaban J connectivity index is 1.53. The summed E-state index contributed by atoms with van der Waals surface area (Å²) in [6, 6.07) is 15.7. The standard InChI is InChI=1S/C20H21N3O/c1-14-20(22-19-5-3-2-4-18(19)21-14)23-12-10-16(11-13-23)15-6-8-17(24)9-7-15/h2-9,16,24H,10-13H2,1H3. The lowest BCUT2D eigenvalue weighted by molar-refractivity contribution is 0.472. The SMILES string of the molecule is Cc1nc2ccccc2nc1N1CCC(c2ccc(O)cc2)CC1. The Bertz CT molecular complexity index is 852. The summed E-state index contributed by atoms with van der Waals surface area (Å²) in [5.41, 5.74) is 4.22. The molecule has 0 saturated carbocycles. The van der Waals surface area contributed by atoms with Crippen LogP contribution >= 0.6 is 0 Å². The molecule has 1 aliphatic heterocycles. The molecule has 3 aromatic rings. The lowest BCUT2D eigenvalue weighted by Gasteiger charge is -2.33. The minimum atomic E-state index is 0.332. The molecule has 0 unspecified atom stereocenters. The third kappa shape index (κ3) is 2.80. The zero-order valence-corrected chi connectivity index (χ0v) is 13.8. The fraction of sp³-hybridized carbons (Fsp3) is 0.300. The summed E-state index contributed by atoms with van der Waals surface area (Å²) in [6.45, 7) is 4.01. The van der Waals surface area contributed by atoms with Gasteiger partial charge in [-0.25, -0.2) is 9.97 Å². The minimum Gasteiger partial charge on any atom is -0.508 e. The van der Waals surface area contributed by atoms with Crippen LogP contribution in [-0.4, -0.2) is 28.2 Å². The molecular formula is C20H21N3O. The first-order valence-corrected chi connectivity index (χ1v) is 8.48. The number of piperidine rings is 1. The summed E-state index contributed by atoms with van der Waals surface area (Å²) in [5.74, 6) is 1.90. The van der Waals surface area contributed by atoms with Gasteiger partial charge in [0.1, 0.15) is 5.75 Å². The maximum absolute atomic E-state index is 9.44. The zero-order chi connectivity index (χ0) is 16.5. The van der Waals surface area contributed by atoms with Gasteiger partial charge in [-0.15, -0.1) is 0 Å². The number of hydrogen-bond acceptors (Lipinski definition) is 4. The second-order valence-corrected chi connectivity index (χ2v) is 6.47. The van der Waals surface area contributed by atoms with Crippen LogP contribution in [0.15, 0.2) is 48.5 Å². The van der Waals surface area contributed by atoms with Crippen molar-refractivity contribution in [2.24, 2.45) is 0 Å². The van der Waals surface area contributed by atoms with E-state index in [1.54, 1.807) is 12.1 Å². The van der Waals surface area contributed by atoms with Crippen molar-refractivity contribution in [3.8, 4) is 5.75 Å². The zero-order valence-electron chi connectivity index (χ0n) is 13.8. The Hall–Kier alpha value is -2.62. The van der Waals surface area contributed by atoms with Crippen molar-refractivity contribution in [3.05, 3.63) is 59.8 Å². The number of rotatable bonds is 2. The Morgan fingerprint density at radius 3 is 2.21 bits per heavy atom. The van der Waals surface area contributed by atoms with Gasteiger partial charge >= 0.3 is 0 Å². The van der Waals surface area contributed by atoms with Gasteiger partial charge in [0.2, 0.25) is 0 Å². The number of nitrogens with zero attached hydrogens (tertiary/aromatic N) is 3. The van der Waals surface area contributed by atoms with Crippen LogP contribution in [0.4, 0.5) is 5.82 Å². The number of phenolic OH excluding ortho intramolecular Hbond substituents is 1. The third-order valence-corrected chi connectivity index (χ3v) is 4.88. The van der Waals surface area contributed by atoms with Crippen LogP contribution in [0.1, 0.15) is 30.0 Å². The lowest BCUT2D eigenvalue weighted by atomic mass is 9.89. The van der Waals surface area contributed by atoms with Crippen LogP contribution in [0.3, 0.4) is 0 Å². The van der Waals surface area contributed by atoms with Crippen LogP contribution in [0.25, 0.3) is 11.0 Å². The molecule has 2 heterocycles. The van der Waals surface area contributed by atoms with Crippen molar-refractivity contribution in [2.75, 3.05) is 18.0 Å². The summed E-state index contributed by atoms with van der Waals surface area (Å²) in [6.07, 6.45) is 2.19. The number of hydrogen-bond donors (Lipinski definition) is 1. The summed E-state index contributed by atoms with van der Waals surface area (Å²) in [4.78, 5) is 11.9. The van der Waals surface area contributed by atoms with E-state index in [-0.39, 0.29) is 0 Å². The Morgan fingerprint density at radius 1 is 0.917 bits per heavy atom. The Kier molecular flexibility index (Phi) is 3.81. The predicted octanol–water partition coefficient (Wildman–Crippen LogP) is 4.03. The molecule has 4 heteroatoms. The summed E-state index contributed by atoms with van der Waals surface area (Å²) >= 11 is 0. The second kappa shape index (κ2) is 6.11. The highest BCUT2D eigenvalue weighted by Crippen LogP contribution is 2.31. The van der Waals surface area contributed by atoms with Gasteiger partial charge in [0.05, 0.1) is 16.7 Å². The molecular weight excluding hydrogens is 298 g/mol. The highest BCUT2D eigenvalue weighted by atomic mass is 16.3. The number of anilines is 1. The van der Waals surface area contributed by atoms with Gasteiger partial charge in [-0.2, -0.15) is 0 Å². The first-order valence-electron chi connectivity index (χ1n) is 8.48. The molecule has 1 N–H and O–H groups in total. The van der Waals surface area contributed by atoms with E-state index in [1.807, 2.05) is 43.3 Å². The quantitative estimate of drug-likeness (QED) is 0.775. The number of fused-ring (bicyclic) bond motifs is 1. The van der Waals surface area contributed by atoms with Crippen LogP contribution in [0, 0.1) is 6.92 Å². The fourth-order valence-electron chi connectivity index (χ4n) is 3.55. The van der Waals surface area contributed by atoms with E-state index in [1.165, 1.54) is 5.56 Å². The average molecular weight is 319 g/mol. The topological polar surface area (TPSA) is 49.2 Å². The van der Waals surface area contributed by atoms with Gasteiger partial charge in [0.25, 0.3) is 0 Å². The van der Waals surface area contributed by atoms with Crippen molar-refractivity contribution >= 4 is 16.9 Å². The molecule has 2 aromatic carbocycles. The maximum Gasteiger partial charge on any atom is 0.150 e. The molecule has 0 bridgehead atoms. The maximum atomic E-state index is 9.44. The van der Waals surface area contributed by atoms with Gasteiger partial charge in [-0.05, 0) is 55.5 Å². The lowest BCUT2D eigenvalue weighted by Crippen LogP contribution is -2.34. The molecule has 0 radical (unpaired) electrons. The highest BCUT2D eigenvalue weighted by molar-refractivity contribution is 5.76. The van der Waals surface area contributed by atoms with E-state index in [2.05, 4.69) is 4.90 Å². The Labute approximate surface area is 141 Å². The second-order valence-electron chi connectivity index (χ2n) is 6.47. The van der Waals surface area contributed by atoms with Gasteiger partial charge < -0.3 is 10.0 Å². The molecule has 1 saturated heterocycles. The van der Waals surface area contributed by atoms with Crippen LogP contribution in [-0.2, 0) is 0 Å². The average Bonchev–Trinajstić information content (AvgIpc) is 2.62. The van der Waals surface area contributed by atoms with Crippen molar-refractivity contribution in [1.82, 2.24) is 9.97 Å². The van der Waals surface area contributed by atoms with Crippen LogP contribution in [0.2, 0.25) is 0 Å². The van der Waals surface area contributed by atoms with Crippen molar-refractivity contribution in [3.63, 3.8) is 0 Å².